The molecule has 0 bridgehead atoms. The van der Waals surface area contributed by atoms with Gasteiger partial charge in [-0.15, -0.1) is 0 Å². The summed E-state index contributed by atoms with van der Waals surface area (Å²) in [4.78, 5) is 10.3. The molecule has 0 fully saturated rings. The maximum atomic E-state index is 10.3. The summed E-state index contributed by atoms with van der Waals surface area (Å²) >= 11 is 0. The van der Waals surface area contributed by atoms with E-state index in [-0.39, 0.29) is 6.54 Å². The Morgan fingerprint density at radius 2 is 2.18 bits per heavy atom. The van der Waals surface area contributed by atoms with E-state index in [0.717, 1.165) is 0 Å². The van der Waals surface area contributed by atoms with Crippen molar-refractivity contribution in [2.45, 2.75) is 32.4 Å². The Balaban J connectivity index is 3.82. The van der Waals surface area contributed by atoms with Crippen LogP contribution in [0, 0.1) is 0 Å². The second kappa shape index (κ2) is 3.69. The highest BCUT2D eigenvalue weighted by Gasteiger charge is 2.23. The second-order valence-electron chi connectivity index (χ2n) is 3.22. The number of hydrogen-bond acceptors (Lipinski definition) is 3. The molecule has 0 rings (SSSR count). The maximum Gasteiger partial charge on any atom is 0.231 e. The minimum atomic E-state index is -0.512. The fourth-order valence-corrected chi connectivity index (χ4v) is 0.463. The van der Waals surface area contributed by atoms with Gasteiger partial charge in [-0.3, -0.25) is 4.79 Å². The molecule has 0 aliphatic heterocycles. The normalized spacial score (nSPS) is 14.5. The van der Waals surface area contributed by atoms with E-state index >= 15 is 0 Å². The van der Waals surface area contributed by atoms with Crippen LogP contribution >= 0.6 is 0 Å². The molecule has 1 amide bonds. The number of aliphatic hydroxyl groups excluding tert-OH is 1. The molecular formula is C7H16N2O2. The van der Waals surface area contributed by atoms with Crippen LogP contribution in [0.1, 0.15) is 20.8 Å². The molecule has 0 spiro atoms. The van der Waals surface area contributed by atoms with Gasteiger partial charge >= 0.3 is 0 Å². The van der Waals surface area contributed by atoms with E-state index in [1.807, 2.05) is 0 Å². The van der Waals surface area contributed by atoms with Gasteiger partial charge in [-0.2, -0.15) is 0 Å². The van der Waals surface area contributed by atoms with Crippen LogP contribution in [0.2, 0.25) is 0 Å². The van der Waals surface area contributed by atoms with Gasteiger partial charge in [0.25, 0.3) is 0 Å². The van der Waals surface area contributed by atoms with Crippen molar-refractivity contribution in [1.29, 1.82) is 0 Å². The lowest BCUT2D eigenvalue weighted by Crippen LogP contribution is -2.50. The SMILES string of the molecule is CC(O)C(C)(C)NCC(N)=O. The molecule has 0 radical (unpaired) electrons. The molecule has 11 heavy (non-hydrogen) atoms. The quantitative estimate of drug-likeness (QED) is 0.505. The van der Waals surface area contributed by atoms with E-state index in [4.69, 9.17) is 5.73 Å². The zero-order valence-corrected chi connectivity index (χ0v) is 7.22. The summed E-state index contributed by atoms with van der Waals surface area (Å²) in [7, 11) is 0. The third-order valence-corrected chi connectivity index (χ3v) is 1.76. The molecule has 4 nitrogen and oxygen atoms in total. The van der Waals surface area contributed by atoms with Gasteiger partial charge in [-0.25, -0.2) is 0 Å². The summed E-state index contributed by atoms with van der Waals surface area (Å²) in [6.07, 6.45) is -0.512. The molecule has 1 unspecified atom stereocenters. The number of nitrogens with one attached hydrogen (secondary N) is 1. The lowest BCUT2D eigenvalue weighted by atomic mass is 9.99. The van der Waals surface area contributed by atoms with Crippen molar-refractivity contribution in [3.05, 3.63) is 0 Å². The zero-order valence-electron chi connectivity index (χ0n) is 7.22. The molecule has 66 valence electrons. The first-order valence-electron chi connectivity index (χ1n) is 3.57. The minimum absolute atomic E-state index is 0.0951. The molecule has 0 heterocycles. The van der Waals surface area contributed by atoms with Crippen LogP contribution in [-0.2, 0) is 4.79 Å². The number of carbonyl (C=O) groups excluding carboxylic acids is 1. The van der Waals surface area contributed by atoms with Crippen molar-refractivity contribution in [3.63, 3.8) is 0 Å². The smallest absolute Gasteiger partial charge is 0.231 e. The van der Waals surface area contributed by atoms with Crippen molar-refractivity contribution >= 4 is 5.91 Å². The Morgan fingerprint density at radius 3 is 2.45 bits per heavy atom. The number of amides is 1. The number of aliphatic hydroxyl groups is 1. The van der Waals surface area contributed by atoms with Crippen molar-refractivity contribution in [1.82, 2.24) is 5.32 Å². The Kier molecular flexibility index (Phi) is 3.48. The molecule has 0 aromatic rings. The van der Waals surface area contributed by atoms with Gasteiger partial charge in [0.05, 0.1) is 12.6 Å². The van der Waals surface area contributed by atoms with Crippen molar-refractivity contribution in [2.24, 2.45) is 5.73 Å². The fourth-order valence-electron chi connectivity index (χ4n) is 0.463. The standard InChI is InChI=1S/C7H16N2O2/c1-5(10)7(2,3)9-4-6(8)11/h5,9-10H,4H2,1-3H3,(H2,8,11). The Bertz CT molecular complexity index is 143. The molecule has 0 aliphatic carbocycles. The Morgan fingerprint density at radius 1 is 1.73 bits per heavy atom. The molecule has 0 saturated carbocycles. The van der Waals surface area contributed by atoms with Crippen LogP contribution < -0.4 is 11.1 Å². The molecule has 1 atom stereocenters. The molecule has 0 saturated heterocycles. The highest BCUT2D eigenvalue weighted by Crippen LogP contribution is 2.06. The van der Waals surface area contributed by atoms with Gasteiger partial charge in [0, 0.05) is 5.54 Å². The lowest BCUT2D eigenvalue weighted by molar-refractivity contribution is -0.117. The van der Waals surface area contributed by atoms with E-state index in [1.165, 1.54) is 0 Å². The number of rotatable bonds is 4. The van der Waals surface area contributed by atoms with Crippen LogP contribution in [0.3, 0.4) is 0 Å². The highest BCUT2D eigenvalue weighted by molar-refractivity contribution is 5.75. The number of carbonyl (C=O) groups is 1. The maximum absolute atomic E-state index is 10.3. The Hall–Kier alpha value is -0.610. The molecule has 0 aliphatic rings. The topological polar surface area (TPSA) is 75.3 Å². The molecular weight excluding hydrogens is 144 g/mol. The van der Waals surface area contributed by atoms with Gasteiger partial charge in [-0.1, -0.05) is 0 Å². The van der Waals surface area contributed by atoms with Crippen molar-refractivity contribution in [2.75, 3.05) is 6.54 Å². The molecule has 0 aromatic heterocycles. The van der Waals surface area contributed by atoms with E-state index in [2.05, 4.69) is 5.32 Å². The van der Waals surface area contributed by atoms with E-state index in [0.29, 0.717) is 0 Å². The minimum Gasteiger partial charge on any atom is -0.392 e. The first-order valence-corrected chi connectivity index (χ1v) is 3.57. The highest BCUT2D eigenvalue weighted by atomic mass is 16.3. The second-order valence-corrected chi connectivity index (χ2v) is 3.22. The van der Waals surface area contributed by atoms with Crippen LogP contribution in [0.5, 0.6) is 0 Å². The first-order chi connectivity index (χ1) is 4.86. The predicted molar refractivity (Wildman–Crippen MR) is 43.0 cm³/mol. The lowest BCUT2D eigenvalue weighted by Gasteiger charge is -2.28. The average molecular weight is 160 g/mol. The van der Waals surface area contributed by atoms with Gasteiger partial charge in [0.15, 0.2) is 0 Å². The third kappa shape index (κ3) is 3.95. The van der Waals surface area contributed by atoms with Crippen molar-refractivity contribution in [3.8, 4) is 0 Å². The predicted octanol–water partition coefficient (Wildman–Crippen LogP) is -0.779. The molecule has 4 heteroatoms. The van der Waals surface area contributed by atoms with Crippen LogP contribution in [0.25, 0.3) is 0 Å². The summed E-state index contributed by atoms with van der Waals surface area (Å²) in [6.45, 7) is 5.37. The first kappa shape index (κ1) is 10.4. The van der Waals surface area contributed by atoms with E-state index < -0.39 is 17.6 Å². The number of primary amides is 1. The van der Waals surface area contributed by atoms with Crippen LogP contribution in [0.15, 0.2) is 0 Å². The summed E-state index contributed by atoms with van der Waals surface area (Å²) < 4.78 is 0. The van der Waals surface area contributed by atoms with Crippen LogP contribution in [0.4, 0.5) is 0 Å². The van der Waals surface area contributed by atoms with Gasteiger partial charge in [-0.05, 0) is 20.8 Å². The van der Waals surface area contributed by atoms with Gasteiger partial charge < -0.3 is 16.2 Å². The van der Waals surface area contributed by atoms with Gasteiger partial charge in [0.1, 0.15) is 0 Å². The average Bonchev–Trinajstić information content (AvgIpc) is 1.84. The summed E-state index contributed by atoms with van der Waals surface area (Å²) in [6, 6.07) is 0. The number of hydrogen-bond donors (Lipinski definition) is 3. The molecule has 0 aromatic carbocycles. The summed E-state index contributed by atoms with van der Waals surface area (Å²) in [5.41, 5.74) is 4.45. The fraction of sp³-hybridized carbons (Fsp3) is 0.857. The zero-order chi connectivity index (χ0) is 9.07. The summed E-state index contributed by atoms with van der Waals surface area (Å²) in [5, 5.41) is 12.0. The van der Waals surface area contributed by atoms with Crippen molar-refractivity contribution < 1.29 is 9.90 Å². The van der Waals surface area contributed by atoms with E-state index in [9.17, 15) is 9.90 Å². The largest absolute Gasteiger partial charge is 0.392 e. The summed E-state index contributed by atoms with van der Waals surface area (Å²) in [5.74, 6) is -0.418. The van der Waals surface area contributed by atoms with Gasteiger partial charge in [0.2, 0.25) is 5.91 Å². The monoisotopic (exact) mass is 160 g/mol. The Labute approximate surface area is 66.8 Å². The molecule has 4 N–H and O–H groups in total. The third-order valence-electron chi connectivity index (χ3n) is 1.76. The van der Waals surface area contributed by atoms with E-state index in [1.54, 1.807) is 20.8 Å². The number of nitrogens with two attached hydrogens (primary N) is 1. The van der Waals surface area contributed by atoms with Crippen LogP contribution in [-0.4, -0.2) is 29.2 Å².